The van der Waals surface area contributed by atoms with E-state index in [1.165, 1.54) is 26.1 Å². The molecule has 1 rings (SSSR count). The fourth-order valence-corrected chi connectivity index (χ4v) is 1.99. The normalized spacial score (nSPS) is 14.7. The van der Waals surface area contributed by atoms with Crippen LogP contribution in [0.4, 0.5) is 26.3 Å². The van der Waals surface area contributed by atoms with Gasteiger partial charge in [0.1, 0.15) is 0 Å². The first-order valence-electron chi connectivity index (χ1n) is 5.86. The van der Waals surface area contributed by atoms with Gasteiger partial charge >= 0.3 is 12.4 Å². The Balaban J connectivity index is 3.33. The molecule has 20 heavy (non-hydrogen) atoms. The van der Waals surface area contributed by atoms with Crippen molar-refractivity contribution in [1.29, 1.82) is 0 Å². The van der Waals surface area contributed by atoms with E-state index in [0.717, 1.165) is 6.20 Å². The van der Waals surface area contributed by atoms with Gasteiger partial charge in [0.25, 0.3) is 0 Å². The molecule has 1 heterocycles. The molecule has 8 heteroatoms. The molecule has 1 N–H and O–H groups in total. The summed E-state index contributed by atoms with van der Waals surface area (Å²) in [5.74, 6) is -3.47. The molecule has 0 aromatic carbocycles. The van der Waals surface area contributed by atoms with E-state index in [9.17, 15) is 26.3 Å². The molecule has 0 saturated carbocycles. The molecule has 0 amide bonds. The van der Waals surface area contributed by atoms with E-state index in [1.807, 2.05) is 0 Å². The second kappa shape index (κ2) is 5.99. The zero-order valence-corrected chi connectivity index (χ0v) is 10.8. The number of hydrogen-bond donors (Lipinski definition) is 1. The van der Waals surface area contributed by atoms with Gasteiger partial charge in [-0.3, -0.25) is 4.98 Å². The van der Waals surface area contributed by atoms with Crippen LogP contribution >= 0.6 is 0 Å². The van der Waals surface area contributed by atoms with Crippen molar-refractivity contribution in [3.63, 3.8) is 0 Å². The Morgan fingerprint density at radius 3 is 2.10 bits per heavy atom. The van der Waals surface area contributed by atoms with Crippen molar-refractivity contribution in [2.24, 2.45) is 5.92 Å². The number of hydrogen-bond acceptors (Lipinski definition) is 2. The van der Waals surface area contributed by atoms with Crippen molar-refractivity contribution in [3.05, 3.63) is 29.6 Å². The molecule has 1 aromatic rings. The maximum absolute atomic E-state index is 12.8. The van der Waals surface area contributed by atoms with E-state index in [2.05, 4.69) is 10.3 Å². The van der Waals surface area contributed by atoms with Crippen molar-refractivity contribution in [1.82, 2.24) is 10.3 Å². The Morgan fingerprint density at radius 2 is 1.70 bits per heavy atom. The maximum Gasteiger partial charge on any atom is 0.402 e. The summed E-state index contributed by atoms with van der Waals surface area (Å²) in [5, 5.41) is 2.27. The van der Waals surface area contributed by atoms with E-state index >= 15 is 0 Å². The lowest BCUT2D eigenvalue weighted by atomic mass is 9.90. The third-order valence-electron chi connectivity index (χ3n) is 2.88. The van der Waals surface area contributed by atoms with Crippen LogP contribution in [-0.2, 0) is 0 Å². The van der Waals surface area contributed by atoms with Crippen molar-refractivity contribution >= 4 is 0 Å². The molecule has 1 aromatic heterocycles. The molecule has 1 unspecified atom stereocenters. The minimum absolute atomic E-state index is 0.0261. The van der Waals surface area contributed by atoms with E-state index in [1.54, 1.807) is 0 Å². The van der Waals surface area contributed by atoms with Gasteiger partial charge in [0, 0.05) is 12.4 Å². The molecule has 0 bridgehead atoms. The van der Waals surface area contributed by atoms with E-state index in [0.29, 0.717) is 5.56 Å². The monoisotopic (exact) mass is 300 g/mol. The predicted octanol–water partition coefficient (Wildman–Crippen LogP) is 3.78. The molecule has 114 valence electrons. The molecule has 0 aliphatic heterocycles. The molecule has 0 spiro atoms. The summed E-state index contributed by atoms with van der Waals surface area (Å²) in [4.78, 5) is 3.62. The minimum Gasteiger partial charge on any atom is -0.309 e. The van der Waals surface area contributed by atoms with Crippen LogP contribution in [0.5, 0.6) is 0 Å². The molecule has 0 aliphatic rings. The second-order valence-corrected chi connectivity index (χ2v) is 4.33. The first-order chi connectivity index (χ1) is 9.09. The SMILES string of the molecule is CCNC(c1cnccc1C)C(C(F)(F)F)C(F)(F)F. The van der Waals surface area contributed by atoms with Crippen LogP contribution in [0.1, 0.15) is 24.1 Å². The summed E-state index contributed by atoms with van der Waals surface area (Å²) in [6.45, 7) is 2.87. The molecule has 1 atom stereocenters. The number of rotatable bonds is 4. The number of pyridine rings is 1. The van der Waals surface area contributed by atoms with Crippen LogP contribution in [0.25, 0.3) is 0 Å². The number of halogens is 6. The van der Waals surface area contributed by atoms with Gasteiger partial charge in [0.05, 0.1) is 6.04 Å². The third-order valence-corrected chi connectivity index (χ3v) is 2.88. The van der Waals surface area contributed by atoms with Gasteiger partial charge < -0.3 is 5.32 Å². The number of alkyl halides is 6. The van der Waals surface area contributed by atoms with Gasteiger partial charge in [-0.05, 0) is 30.7 Å². The highest BCUT2D eigenvalue weighted by Crippen LogP contribution is 2.46. The van der Waals surface area contributed by atoms with Gasteiger partial charge in [-0.15, -0.1) is 0 Å². The van der Waals surface area contributed by atoms with E-state index in [-0.39, 0.29) is 12.1 Å². The van der Waals surface area contributed by atoms with Crippen LogP contribution in [-0.4, -0.2) is 23.9 Å². The number of nitrogens with zero attached hydrogens (tertiary/aromatic N) is 1. The highest BCUT2D eigenvalue weighted by molar-refractivity contribution is 5.26. The topological polar surface area (TPSA) is 24.9 Å². The highest BCUT2D eigenvalue weighted by Gasteiger charge is 2.60. The first kappa shape index (κ1) is 16.7. The fourth-order valence-electron chi connectivity index (χ4n) is 1.99. The summed E-state index contributed by atoms with van der Waals surface area (Å²) in [6.07, 6.45) is -8.44. The van der Waals surface area contributed by atoms with Gasteiger partial charge in [0.2, 0.25) is 0 Å². The zero-order valence-electron chi connectivity index (χ0n) is 10.8. The van der Waals surface area contributed by atoms with Crippen molar-refractivity contribution in [3.8, 4) is 0 Å². The molecular formula is C12H14F6N2. The van der Waals surface area contributed by atoms with Crippen LogP contribution < -0.4 is 5.32 Å². The summed E-state index contributed by atoms with van der Waals surface area (Å²) >= 11 is 0. The van der Waals surface area contributed by atoms with Gasteiger partial charge in [-0.1, -0.05) is 6.92 Å². The quantitative estimate of drug-likeness (QED) is 0.856. The first-order valence-corrected chi connectivity index (χ1v) is 5.86. The van der Waals surface area contributed by atoms with Gasteiger partial charge in [-0.2, -0.15) is 26.3 Å². The largest absolute Gasteiger partial charge is 0.402 e. The second-order valence-electron chi connectivity index (χ2n) is 4.33. The lowest BCUT2D eigenvalue weighted by Gasteiger charge is -2.32. The van der Waals surface area contributed by atoms with Gasteiger partial charge in [-0.25, -0.2) is 0 Å². The molecule has 2 nitrogen and oxygen atoms in total. The smallest absolute Gasteiger partial charge is 0.309 e. The van der Waals surface area contributed by atoms with E-state index in [4.69, 9.17) is 0 Å². The Hall–Kier alpha value is -1.31. The molecule has 0 aliphatic carbocycles. The van der Waals surface area contributed by atoms with Crippen molar-refractivity contribution in [2.45, 2.75) is 32.2 Å². The average Bonchev–Trinajstić information content (AvgIpc) is 2.25. The molecule has 0 radical (unpaired) electrons. The van der Waals surface area contributed by atoms with Crippen LogP contribution in [0, 0.1) is 12.8 Å². The minimum atomic E-state index is -5.40. The molecular weight excluding hydrogens is 286 g/mol. The Bertz CT molecular complexity index is 426. The Kier molecular flexibility index (Phi) is 5.01. The molecule has 0 saturated heterocycles. The fraction of sp³-hybridized carbons (Fsp3) is 0.583. The van der Waals surface area contributed by atoms with Crippen molar-refractivity contribution in [2.75, 3.05) is 6.54 Å². The van der Waals surface area contributed by atoms with Crippen LogP contribution in [0.15, 0.2) is 18.5 Å². The van der Waals surface area contributed by atoms with Crippen molar-refractivity contribution < 1.29 is 26.3 Å². The summed E-state index contributed by atoms with van der Waals surface area (Å²) in [5.41, 5.74) is 0.221. The predicted molar refractivity (Wildman–Crippen MR) is 61.0 cm³/mol. The van der Waals surface area contributed by atoms with Gasteiger partial charge in [0.15, 0.2) is 5.92 Å². The summed E-state index contributed by atoms with van der Waals surface area (Å²) in [7, 11) is 0. The number of aryl methyl sites for hydroxylation is 1. The summed E-state index contributed by atoms with van der Waals surface area (Å²) in [6, 6.07) is -0.530. The highest BCUT2D eigenvalue weighted by atomic mass is 19.4. The average molecular weight is 300 g/mol. The Morgan fingerprint density at radius 1 is 1.15 bits per heavy atom. The number of aromatic nitrogens is 1. The Labute approximate surface area is 112 Å². The number of nitrogens with one attached hydrogen (secondary N) is 1. The van der Waals surface area contributed by atoms with Crippen LogP contribution in [0.2, 0.25) is 0 Å². The lowest BCUT2D eigenvalue weighted by molar-refractivity contribution is -0.292. The summed E-state index contributed by atoms with van der Waals surface area (Å²) < 4.78 is 77.0. The van der Waals surface area contributed by atoms with Crippen LogP contribution in [0.3, 0.4) is 0 Å². The zero-order chi connectivity index (χ0) is 15.6. The lowest BCUT2D eigenvalue weighted by Crippen LogP contribution is -2.46. The molecule has 0 fully saturated rings. The maximum atomic E-state index is 12.8. The third kappa shape index (κ3) is 3.84. The standard InChI is InChI=1S/C12H14F6N2/c1-3-20-9(8-6-19-5-4-7(8)2)10(11(13,14)15)12(16,17)18/h4-6,9-10,20H,3H2,1-2H3. The van der Waals surface area contributed by atoms with E-state index < -0.39 is 24.3 Å².